The molecule has 0 spiro atoms. The van der Waals surface area contributed by atoms with Gasteiger partial charge in [0.2, 0.25) is 0 Å². The molecule has 4 heterocycles. The third kappa shape index (κ3) is 4.38. The summed E-state index contributed by atoms with van der Waals surface area (Å²) in [6, 6.07) is 26.3. The van der Waals surface area contributed by atoms with Gasteiger partial charge < -0.3 is 15.0 Å². The second kappa shape index (κ2) is 10.8. The molecule has 0 amide bonds. The Morgan fingerprint density at radius 3 is 2.39 bits per heavy atom. The molecular formula is C35H31N5O3S. The highest BCUT2D eigenvalue weighted by Gasteiger charge is 2.40. The standard InChI is InChI=1S/C35H31N5O3S/c1-43-26-14-8-13-24-23(26)16-15-22-19-36-25(27(22)24)17-18-40-34(41)32-30(39-35(40)42)31-33(44-32)38-29(21-11-6-3-7-12-21)28(37-31)20-9-4-2-5-10-20/h2-14,22,25,27,36H,15-19H2,1H3,(H,39,42)/t22-,25?,27+/m0/s1. The van der Waals surface area contributed by atoms with Crippen LogP contribution in [0.4, 0.5) is 0 Å². The molecule has 1 fully saturated rings. The monoisotopic (exact) mass is 601 g/mol. The molecule has 0 radical (unpaired) electrons. The first kappa shape index (κ1) is 27.0. The van der Waals surface area contributed by atoms with Gasteiger partial charge in [0.25, 0.3) is 5.56 Å². The van der Waals surface area contributed by atoms with Crippen molar-refractivity contribution in [3.8, 4) is 28.3 Å². The van der Waals surface area contributed by atoms with E-state index in [0.717, 1.165) is 42.0 Å². The number of hydrogen-bond donors (Lipinski definition) is 2. The predicted octanol–water partition coefficient (Wildman–Crippen LogP) is 5.75. The Hall–Kier alpha value is -4.60. The van der Waals surface area contributed by atoms with Crippen molar-refractivity contribution >= 4 is 31.9 Å². The summed E-state index contributed by atoms with van der Waals surface area (Å²) in [6.07, 6.45) is 2.78. The molecule has 8 nitrogen and oxygen atoms in total. The maximum Gasteiger partial charge on any atom is 0.328 e. The Kier molecular flexibility index (Phi) is 6.65. The fourth-order valence-corrected chi connectivity index (χ4v) is 8.26. The Balaban J connectivity index is 1.18. The molecule has 2 N–H and O–H groups in total. The first-order valence-electron chi connectivity index (χ1n) is 15.1. The highest BCUT2D eigenvalue weighted by atomic mass is 32.1. The van der Waals surface area contributed by atoms with Gasteiger partial charge in [0.15, 0.2) is 0 Å². The molecule has 0 bridgehead atoms. The Morgan fingerprint density at radius 1 is 0.932 bits per heavy atom. The average Bonchev–Trinajstić information content (AvgIpc) is 3.66. The van der Waals surface area contributed by atoms with Crippen molar-refractivity contribution in [2.24, 2.45) is 5.92 Å². The summed E-state index contributed by atoms with van der Waals surface area (Å²) in [4.78, 5) is 41.0. The zero-order valence-electron chi connectivity index (χ0n) is 24.2. The van der Waals surface area contributed by atoms with Crippen LogP contribution in [0.3, 0.4) is 0 Å². The molecule has 3 atom stereocenters. The minimum atomic E-state index is -0.419. The van der Waals surface area contributed by atoms with Gasteiger partial charge in [-0.25, -0.2) is 14.8 Å². The lowest BCUT2D eigenvalue weighted by Gasteiger charge is -2.32. The molecule has 0 saturated carbocycles. The van der Waals surface area contributed by atoms with Crippen LogP contribution in [0.1, 0.15) is 29.9 Å². The highest BCUT2D eigenvalue weighted by Crippen LogP contribution is 2.45. The molecule has 1 unspecified atom stereocenters. The zero-order chi connectivity index (χ0) is 29.8. The van der Waals surface area contributed by atoms with Crippen LogP contribution in [0.25, 0.3) is 43.1 Å². The predicted molar refractivity (Wildman–Crippen MR) is 175 cm³/mol. The normalized spacial score (nSPS) is 19.2. The van der Waals surface area contributed by atoms with Gasteiger partial charge in [-0.3, -0.25) is 9.36 Å². The van der Waals surface area contributed by atoms with Crippen molar-refractivity contribution in [3.63, 3.8) is 0 Å². The van der Waals surface area contributed by atoms with Crippen LogP contribution in [0, 0.1) is 5.92 Å². The number of nitrogens with one attached hydrogen (secondary N) is 2. The van der Waals surface area contributed by atoms with E-state index >= 15 is 0 Å². The molecule has 1 aliphatic carbocycles. The van der Waals surface area contributed by atoms with E-state index in [0.29, 0.717) is 51.1 Å². The fourth-order valence-electron chi connectivity index (χ4n) is 7.23. The number of thiophene rings is 1. The van der Waals surface area contributed by atoms with Gasteiger partial charge in [-0.05, 0) is 48.9 Å². The van der Waals surface area contributed by atoms with Crippen LogP contribution in [0.15, 0.2) is 88.5 Å². The summed E-state index contributed by atoms with van der Waals surface area (Å²) in [5.74, 6) is 1.81. The molecule has 1 aliphatic heterocycles. The summed E-state index contributed by atoms with van der Waals surface area (Å²) in [7, 11) is 1.73. The third-order valence-electron chi connectivity index (χ3n) is 9.30. The van der Waals surface area contributed by atoms with Gasteiger partial charge >= 0.3 is 5.69 Å². The topological polar surface area (TPSA) is 102 Å². The Labute approximate surface area is 257 Å². The zero-order valence-corrected chi connectivity index (χ0v) is 25.1. The van der Waals surface area contributed by atoms with Gasteiger partial charge in [0.05, 0.1) is 24.0 Å². The Morgan fingerprint density at radius 2 is 1.66 bits per heavy atom. The summed E-state index contributed by atoms with van der Waals surface area (Å²) in [5, 5.41) is 3.70. The van der Waals surface area contributed by atoms with Crippen LogP contribution in [0.5, 0.6) is 5.75 Å². The minimum absolute atomic E-state index is 0.167. The molecule has 6 aromatic rings. The van der Waals surface area contributed by atoms with E-state index < -0.39 is 5.69 Å². The number of ether oxygens (including phenoxy) is 1. The number of H-pyrrole nitrogens is 1. The highest BCUT2D eigenvalue weighted by molar-refractivity contribution is 7.25. The van der Waals surface area contributed by atoms with E-state index in [9.17, 15) is 9.59 Å². The number of benzene rings is 3. The number of hydrogen-bond acceptors (Lipinski definition) is 7. The van der Waals surface area contributed by atoms with Gasteiger partial charge in [0.1, 0.15) is 20.8 Å². The van der Waals surface area contributed by atoms with Gasteiger partial charge in [-0.15, -0.1) is 11.3 Å². The number of methoxy groups -OCH3 is 1. The number of aromatic amines is 1. The van der Waals surface area contributed by atoms with Crippen LogP contribution in [-0.2, 0) is 13.0 Å². The van der Waals surface area contributed by atoms with E-state index in [1.54, 1.807) is 7.11 Å². The van der Waals surface area contributed by atoms with Crippen molar-refractivity contribution in [2.45, 2.75) is 37.8 Å². The van der Waals surface area contributed by atoms with E-state index in [2.05, 4.69) is 22.4 Å². The second-order valence-electron chi connectivity index (χ2n) is 11.7. The first-order chi connectivity index (χ1) is 21.6. The largest absolute Gasteiger partial charge is 0.496 e. The number of rotatable bonds is 6. The van der Waals surface area contributed by atoms with E-state index in [-0.39, 0.29) is 11.6 Å². The van der Waals surface area contributed by atoms with Crippen LogP contribution in [-0.4, -0.2) is 39.2 Å². The molecule has 44 heavy (non-hydrogen) atoms. The molecule has 3 aromatic carbocycles. The summed E-state index contributed by atoms with van der Waals surface area (Å²) in [6.45, 7) is 1.27. The molecule has 9 heteroatoms. The average molecular weight is 602 g/mol. The van der Waals surface area contributed by atoms with Crippen LogP contribution in [0.2, 0.25) is 0 Å². The number of fused-ring (bicyclic) bond motifs is 6. The van der Waals surface area contributed by atoms with Gasteiger partial charge in [-0.2, -0.15) is 0 Å². The lowest BCUT2D eigenvalue weighted by molar-refractivity contribution is 0.371. The van der Waals surface area contributed by atoms with E-state index in [1.165, 1.54) is 27.0 Å². The maximum absolute atomic E-state index is 13.9. The SMILES string of the molecule is COc1cccc2c1CC[C@H]1CNC(CCn3c(=O)[nH]c4c(sc5nc(-c6ccccc6)c(-c6ccccc6)nc54)c3=O)[C@@H]21. The van der Waals surface area contributed by atoms with E-state index in [4.69, 9.17) is 14.7 Å². The molecular weight excluding hydrogens is 570 g/mol. The van der Waals surface area contributed by atoms with Crippen molar-refractivity contribution in [1.82, 2.24) is 24.8 Å². The van der Waals surface area contributed by atoms with E-state index in [1.807, 2.05) is 66.7 Å². The molecule has 2 aliphatic rings. The summed E-state index contributed by atoms with van der Waals surface area (Å²) in [5.41, 5.74) is 6.20. The maximum atomic E-state index is 13.9. The lowest BCUT2D eigenvalue weighted by Crippen LogP contribution is -2.37. The molecule has 1 saturated heterocycles. The quantitative estimate of drug-likeness (QED) is 0.252. The smallest absolute Gasteiger partial charge is 0.328 e. The third-order valence-corrected chi connectivity index (χ3v) is 10.4. The fraction of sp³-hybridized carbons (Fsp3) is 0.257. The van der Waals surface area contributed by atoms with Crippen molar-refractivity contribution in [3.05, 3.63) is 111 Å². The molecule has 220 valence electrons. The summed E-state index contributed by atoms with van der Waals surface area (Å²) >= 11 is 1.29. The summed E-state index contributed by atoms with van der Waals surface area (Å²) < 4.78 is 7.48. The molecule has 8 rings (SSSR count). The number of nitrogens with zero attached hydrogens (tertiary/aromatic N) is 3. The van der Waals surface area contributed by atoms with Crippen LogP contribution >= 0.6 is 11.3 Å². The second-order valence-corrected chi connectivity index (χ2v) is 12.7. The van der Waals surface area contributed by atoms with Crippen molar-refractivity contribution in [1.29, 1.82) is 0 Å². The van der Waals surface area contributed by atoms with Crippen molar-refractivity contribution in [2.75, 3.05) is 13.7 Å². The first-order valence-corrected chi connectivity index (χ1v) is 15.9. The van der Waals surface area contributed by atoms with Gasteiger partial charge in [-0.1, -0.05) is 72.8 Å². The Bertz CT molecular complexity index is 2140. The lowest BCUT2D eigenvalue weighted by atomic mass is 9.73. The molecule has 3 aromatic heterocycles. The minimum Gasteiger partial charge on any atom is -0.496 e. The van der Waals surface area contributed by atoms with Gasteiger partial charge in [0, 0.05) is 29.6 Å². The number of aromatic nitrogens is 4. The van der Waals surface area contributed by atoms with Crippen molar-refractivity contribution < 1.29 is 4.74 Å². The van der Waals surface area contributed by atoms with Crippen LogP contribution < -0.4 is 21.3 Å².